The van der Waals surface area contributed by atoms with Crippen molar-refractivity contribution in [2.24, 2.45) is 0 Å². The molecule has 0 aliphatic carbocycles. The van der Waals surface area contributed by atoms with E-state index in [2.05, 4.69) is 5.32 Å². The first kappa shape index (κ1) is 18.1. The fourth-order valence-electron chi connectivity index (χ4n) is 2.11. The lowest BCUT2D eigenvalue weighted by Crippen LogP contribution is -2.27. The minimum atomic E-state index is -0.441. The molecule has 0 heterocycles. The van der Waals surface area contributed by atoms with Gasteiger partial charge >= 0.3 is 0 Å². The molecule has 0 unspecified atom stereocenters. The molecule has 0 aromatic heterocycles. The SMILES string of the molecule is CC(C)Oc1ccc(NCN(C=O)Cc2ccc(Cl)cc2)cc1F. The van der Waals surface area contributed by atoms with Crippen LogP contribution in [0.15, 0.2) is 42.5 Å². The maximum atomic E-state index is 13.9. The Morgan fingerprint density at radius 2 is 1.96 bits per heavy atom. The molecule has 0 bridgehead atoms. The average molecular weight is 351 g/mol. The van der Waals surface area contributed by atoms with Gasteiger partial charge in [0.1, 0.15) is 0 Å². The summed E-state index contributed by atoms with van der Waals surface area (Å²) < 4.78 is 19.3. The molecule has 0 saturated carbocycles. The van der Waals surface area contributed by atoms with E-state index in [1.807, 2.05) is 26.0 Å². The smallest absolute Gasteiger partial charge is 0.211 e. The quantitative estimate of drug-likeness (QED) is 0.570. The molecule has 6 heteroatoms. The van der Waals surface area contributed by atoms with Gasteiger partial charge in [0.15, 0.2) is 11.6 Å². The summed E-state index contributed by atoms with van der Waals surface area (Å²) >= 11 is 5.84. The number of amides is 1. The van der Waals surface area contributed by atoms with Crippen molar-refractivity contribution in [2.45, 2.75) is 26.5 Å². The highest BCUT2D eigenvalue weighted by atomic mass is 35.5. The standard InChI is InChI=1S/C18H20ClFN2O2/c1-13(2)24-18-8-7-16(9-17(18)20)21-11-22(12-23)10-14-3-5-15(19)6-4-14/h3-9,12-13,21H,10-11H2,1-2H3. The summed E-state index contributed by atoms with van der Waals surface area (Å²) in [5.74, 6) is -0.229. The van der Waals surface area contributed by atoms with Crippen molar-refractivity contribution in [1.82, 2.24) is 4.90 Å². The van der Waals surface area contributed by atoms with Crippen molar-refractivity contribution in [3.63, 3.8) is 0 Å². The fraction of sp³-hybridized carbons (Fsp3) is 0.278. The molecule has 0 saturated heterocycles. The third-order valence-corrected chi connectivity index (χ3v) is 3.48. The summed E-state index contributed by atoms with van der Waals surface area (Å²) in [5, 5.41) is 3.67. The largest absolute Gasteiger partial charge is 0.488 e. The number of carbonyl (C=O) groups is 1. The molecule has 1 N–H and O–H groups in total. The van der Waals surface area contributed by atoms with Crippen LogP contribution in [0.1, 0.15) is 19.4 Å². The van der Waals surface area contributed by atoms with Gasteiger partial charge in [0.25, 0.3) is 0 Å². The maximum absolute atomic E-state index is 13.9. The topological polar surface area (TPSA) is 41.6 Å². The molecule has 128 valence electrons. The third kappa shape index (κ3) is 5.42. The first-order chi connectivity index (χ1) is 11.5. The van der Waals surface area contributed by atoms with Crippen molar-refractivity contribution in [3.05, 3.63) is 58.9 Å². The fourth-order valence-corrected chi connectivity index (χ4v) is 2.23. The Hall–Kier alpha value is -2.27. The van der Waals surface area contributed by atoms with Crippen LogP contribution in [-0.2, 0) is 11.3 Å². The van der Waals surface area contributed by atoms with Crippen molar-refractivity contribution < 1.29 is 13.9 Å². The molecule has 4 nitrogen and oxygen atoms in total. The number of carbonyl (C=O) groups excluding carboxylic acids is 1. The zero-order chi connectivity index (χ0) is 17.5. The van der Waals surface area contributed by atoms with Crippen molar-refractivity contribution in [1.29, 1.82) is 0 Å². The monoisotopic (exact) mass is 350 g/mol. The lowest BCUT2D eigenvalue weighted by Gasteiger charge is -2.19. The highest BCUT2D eigenvalue weighted by Gasteiger charge is 2.08. The molecule has 0 radical (unpaired) electrons. The van der Waals surface area contributed by atoms with Crippen molar-refractivity contribution in [3.8, 4) is 5.75 Å². The highest BCUT2D eigenvalue weighted by molar-refractivity contribution is 6.30. The molecule has 0 spiro atoms. The number of hydrogen-bond acceptors (Lipinski definition) is 3. The average Bonchev–Trinajstić information content (AvgIpc) is 2.55. The number of nitrogens with zero attached hydrogens (tertiary/aromatic N) is 1. The van der Waals surface area contributed by atoms with E-state index in [9.17, 15) is 9.18 Å². The van der Waals surface area contributed by atoms with Gasteiger partial charge in [-0.05, 0) is 43.7 Å². The Morgan fingerprint density at radius 1 is 1.25 bits per heavy atom. The van der Waals surface area contributed by atoms with Gasteiger partial charge in [0.2, 0.25) is 6.41 Å². The second-order valence-corrected chi connectivity index (χ2v) is 6.06. The van der Waals surface area contributed by atoms with Gasteiger partial charge in [0.05, 0.1) is 12.8 Å². The predicted molar refractivity (Wildman–Crippen MR) is 93.7 cm³/mol. The number of anilines is 1. The van der Waals surface area contributed by atoms with Crippen LogP contribution in [0.2, 0.25) is 5.02 Å². The molecule has 24 heavy (non-hydrogen) atoms. The second kappa shape index (κ2) is 8.55. The summed E-state index contributed by atoms with van der Waals surface area (Å²) in [5.41, 5.74) is 1.53. The summed E-state index contributed by atoms with van der Waals surface area (Å²) in [7, 11) is 0. The Labute approximate surface area is 146 Å². The lowest BCUT2D eigenvalue weighted by molar-refractivity contribution is -0.118. The minimum absolute atomic E-state index is 0.0942. The summed E-state index contributed by atoms with van der Waals surface area (Å²) in [4.78, 5) is 12.7. The second-order valence-electron chi connectivity index (χ2n) is 5.63. The lowest BCUT2D eigenvalue weighted by atomic mass is 10.2. The molecule has 1 amide bonds. The first-order valence-electron chi connectivity index (χ1n) is 7.62. The number of hydrogen-bond donors (Lipinski definition) is 1. The maximum Gasteiger partial charge on any atom is 0.211 e. The van der Waals surface area contributed by atoms with Gasteiger partial charge in [-0.2, -0.15) is 0 Å². The summed E-state index contributed by atoms with van der Waals surface area (Å²) in [6.45, 7) is 4.37. The molecular weight excluding hydrogens is 331 g/mol. The molecule has 0 atom stereocenters. The molecule has 0 aliphatic rings. The van der Waals surface area contributed by atoms with Crippen LogP contribution < -0.4 is 10.1 Å². The van der Waals surface area contributed by atoms with Gasteiger partial charge in [-0.25, -0.2) is 4.39 Å². The Balaban J connectivity index is 1.94. The van der Waals surface area contributed by atoms with E-state index < -0.39 is 5.82 Å². The summed E-state index contributed by atoms with van der Waals surface area (Å²) in [6, 6.07) is 11.9. The van der Waals surface area contributed by atoms with Crippen LogP contribution >= 0.6 is 11.6 Å². The van der Waals surface area contributed by atoms with E-state index in [0.717, 1.165) is 12.0 Å². The third-order valence-electron chi connectivity index (χ3n) is 3.23. The molecule has 2 aromatic rings. The van der Waals surface area contributed by atoms with E-state index >= 15 is 0 Å². The van der Waals surface area contributed by atoms with Crippen LogP contribution in [0.3, 0.4) is 0 Å². The Morgan fingerprint density at radius 3 is 2.54 bits per heavy atom. The first-order valence-corrected chi connectivity index (χ1v) is 7.99. The number of nitrogens with one attached hydrogen (secondary N) is 1. The van der Waals surface area contributed by atoms with Gasteiger partial charge in [-0.15, -0.1) is 0 Å². The number of benzene rings is 2. The predicted octanol–water partition coefficient (Wildman–Crippen LogP) is 4.29. The van der Waals surface area contributed by atoms with E-state index in [1.54, 1.807) is 29.2 Å². The van der Waals surface area contributed by atoms with Gasteiger partial charge in [-0.1, -0.05) is 23.7 Å². The molecule has 0 aliphatic heterocycles. The zero-order valence-corrected chi connectivity index (χ0v) is 14.4. The van der Waals surface area contributed by atoms with Crippen LogP contribution in [0.5, 0.6) is 5.75 Å². The minimum Gasteiger partial charge on any atom is -0.488 e. The summed E-state index contributed by atoms with van der Waals surface area (Å²) in [6.07, 6.45) is 0.650. The number of halogens is 2. The number of ether oxygens (including phenoxy) is 1. The Bertz CT molecular complexity index is 677. The molecular formula is C18H20ClFN2O2. The molecule has 0 fully saturated rings. The van der Waals surface area contributed by atoms with Gasteiger partial charge < -0.3 is 15.0 Å². The van der Waals surface area contributed by atoms with Crippen LogP contribution in [0, 0.1) is 5.82 Å². The number of rotatable bonds is 8. The van der Waals surface area contributed by atoms with E-state index in [4.69, 9.17) is 16.3 Å². The van der Waals surface area contributed by atoms with Gasteiger partial charge in [0, 0.05) is 23.3 Å². The van der Waals surface area contributed by atoms with Crippen LogP contribution in [0.4, 0.5) is 10.1 Å². The normalized spacial score (nSPS) is 10.5. The highest BCUT2D eigenvalue weighted by Crippen LogP contribution is 2.22. The van der Waals surface area contributed by atoms with E-state index in [-0.39, 0.29) is 18.5 Å². The van der Waals surface area contributed by atoms with E-state index in [1.165, 1.54) is 6.07 Å². The Kier molecular flexibility index (Phi) is 6.44. The van der Waals surface area contributed by atoms with Crippen LogP contribution in [-0.4, -0.2) is 24.1 Å². The van der Waals surface area contributed by atoms with Crippen molar-refractivity contribution >= 4 is 23.7 Å². The van der Waals surface area contributed by atoms with Gasteiger partial charge in [-0.3, -0.25) is 4.79 Å². The molecule has 2 rings (SSSR count). The zero-order valence-electron chi connectivity index (χ0n) is 13.6. The van der Waals surface area contributed by atoms with Crippen LogP contribution in [0.25, 0.3) is 0 Å². The van der Waals surface area contributed by atoms with Crippen molar-refractivity contribution in [2.75, 3.05) is 12.0 Å². The molecule has 2 aromatic carbocycles. The van der Waals surface area contributed by atoms with E-state index in [0.29, 0.717) is 17.3 Å².